The van der Waals surface area contributed by atoms with Crippen LogP contribution >= 0.6 is 0 Å². The van der Waals surface area contributed by atoms with Crippen molar-refractivity contribution in [3.05, 3.63) is 78.2 Å². The fourth-order valence-electron chi connectivity index (χ4n) is 3.61. The summed E-state index contributed by atoms with van der Waals surface area (Å²) in [6.45, 7) is 1.50. The lowest BCUT2D eigenvalue weighted by Crippen LogP contribution is -2.30. The van der Waals surface area contributed by atoms with Gasteiger partial charge >= 0.3 is 0 Å². The first-order chi connectivity index (χ1) is 15.8. The predicted molar refractivity (Wildman–Crippen MR) is 126 cm³/mol. The van der Waals surface area contributed by atoms with E-state index >= 15 is 0 Å². The highest BCUT2D eigenvalue weighted by Gasteiger charge is 2.21. The van der Waals surface area contributed by atoms with Crippen molar-refractivity contribution in [2.75, 3.05) is 26.6 Å². The van der Waals surface area contributed by atoms with Crippen molar-refractivity contribution in [2.45, 2.75) is 12.5 Å². The molecule has 4 aromatic rings. The quantitative estimate of drug-likeness (QED) is 0.446. The average Bonchev–Trinajstić information content (AvgIpc) is 3.21. The molecule has 9 heteroatoms. The molecule has 0 spiro atoms. The largest absolute Gasteiger partial charge is 0.497 e. The maximum absolute atomic E-state index is 9.19. The van der Waals surface area contributed by atoms with E-state index in [4.69, 9.17) is 14.0 Å². The van der Waals surface area contributed by atoms with Gasteiger partial charge in [0.15, 0.2) is 0 Å². The molecule has 33 heavy (non-hydrogen) atoms. The molecule has 1 fully saturated rings. The smallest absolute Gasteiger partial charge is 0.261 e. The molecule has 0 unspecified atom stereocenters. The summed E-state index contributed by atoms with van der Waals surface area (Å²) in [6.07, 6.45) is 7.47. The van der Waals surface area contributed by atoms with E-state index in [1.807, 2.05) is 29.2 Å². The number of pyridine rings is 1. The lowest BCUT2D eigenvalue weighted by Gasteiger charge is -2.25. The maximum atomic E-state index is 9.19. The zero-order chi connectivity index (χ0) is 23.4. The highest BCUT2D eigenvalue weighted by molar-refractivity contribution is 7.85. The van der Waals surface area contributed by atoms with Gasteiger partial charge in [-0.25, -0.2) is 0 Å². The summed E-state index contributed by atoms with van der Waals surface area (Å²) in [6, 6.07) is 17.1. The SMILES string of the molecule is COc1ccc2nccc(Cc3cccc(-c4cnn(C5COC5)c4)c3)c2c1.CS(=O)(=O)O. The predicted octanol–water partition coefficient (Wildman–Crippen LogP) is 3.77. The summed E-state index contributed by atoms with van der Waals surface area (Å²) in [7, 11) is -1.98. The summed E-state index contributed by atoms with van der Waals surface area (Å²) in [4.78, 5) is 4.48. The fourth-order valence-corrected chi connectivity index (χ4v) is 3.61. The van der Waals surface area contributed by atoms with Crippen LogP contribution in [0.4, 0.5) is 0 Å². The van der Waals surface area contributed by atoms with Gasteiger partial charge in [0.05, 0.1) is 44.3 Å². The van der Waals surface area contributed by atoms with E-state index in [0.717, 1.165) is 41.9 Å². The summed E-state index contributed by atoms with van der Waals surface area (Å²) < 4.78 is 38.5. The number of nitrogens with zero attached hydrogens (tertiary/aromatic N) is 3. The van der Waals surface area contributed by atoms with Crippen molar-refractivity contribution in [1.29, 1.82) is 0 Å². The van der Waals surface area contributed by atoms with Crippen LogP contribution < -0.4 is 4.74 Å². The lowest BCUT2D eigenvalue weighted by molar-refractivity contribution is -0.0286. The second kappa shape index (κ2) is 9.70. The van der Waals surface area contributed by atoms with Crippen LogP contribution in [0.25, 0.3) is 22.0 Å². The Morgan fingerprint density at radius 1 is 1.15 bits per heavy atom. The Morgan fingerprint density at radius 3 is 2.64 bits per heavy atom. The second-order valence-electron chi connectivity index (χ2n) is 7.86. The Kier molecular flexibility index (Phi) is 6.73. The molecule has 1 N–H and O–H groups in total. The normalized spacial score (nSPS) is 13.8. The van der Waals surface area contributed by atoms with E-state index in [0.29, 0.717) is 12.3 Å². The molecule has 1 aliphatic heterocycles. The minimum absolute atomic E-state index is 0.370. The number of hydrogen-bond acceptors (Lipinski definition) is 6. The van der Waals surface area contributed by atoms with Crippen LogP contribution in [-0.2, 0) is 21.3 Å². The van der Waals surface area contributed by atoms with Crippen LogP contribution in [0.15, 0.2) is 67.1 Å². The van der Waals surface area contributed by atoms with Crippen molar-refractivity contribution >= 4 is 21.0 Å². The van der Waals surface area contributed by atoms with Gasteiger partial charge in [-0.3, -0.25) is 14.2 Å². The molecule has 3 heterocycles. The van der Waals surface area contributed by atoms with Crippen molar-refractivity contribution in [2.24, 2.45) is 0 Å². The number of aromatic nitrogens is 3. The number of methoxy groups -OCH3 is 1. The molecule has 0 aliphatic carbocycles. The molecule has 0 radical (unpaired) electrons. The molecule has 8 nitrogen and oxygen atoms in total. The van der Waals surface area contributed by atoms with Gasteiger partial charge in [0.2, 0.25) is 0 Å². The minimum atomic E-state index is -3.67. The third-order valence-corrected chi connectivity index (χ3v) is 5.29. The molecular weight excluding hydrogens is 442 g/mol. The monoisotopic (exact) mass is 467 g/mol. The van der Waals surface area contributed by atoms with Crippen molar-refractivity contribution in [3.8, 4) is 16.9 Å². The van der Waals surface area contributed by atoms with E-state index in [9.17, 15) is 8.42 Å². The molecule has 0 amide bonds. The first-order valence-electron chi connectivity index (χ1n) is 10.4. The third-order valence-electron chi connectivity index (χ3n) is 5.29. The van der Waals surface area contributed by atoms with E-state index in [-0.39, 0.29) is 0 Å². The van der Waals surface area contributed by atoms with E-state index < -0.39 is 10.1 Å². The Labute approximate surface area is 192 Å². The van der Waals surface area contributed by atoms with E-state index in [2.05, 4.69) is 52.7 Å². The zero-order valence-electron chi connectivity index (χ0n) is 18.4. The van der Waals surface area contributed by atoms with Gasteiger partial charge < -0.3 is 9.47 Å². The highest BCUT2D eigenvalue weighted by atomic mass is 32.2. The van der Waals surface area contributed by atoms with Gasteiger partial charge in [0.25, 0.3) is 10.1 Å². The molecule has 0 atom stereocenters. The Bertz CT molecular complexity index is 1360. The molecule has 2 aromatic heterocycles. The summed E-state index contributed by atoms with van der Waals surface area (Å²) in [5, 5.41) is 5.63. The minimum Gasteiger partial charge on any atom is -0.497 e. The molecule has 2 aromatic carbocycles. The summed E-state index contributed by atoms with van der Waals surface area (Å²) in [5.41, 5.74) is 5.80. The molecule has 1 aliphatic rings. The lowest BCUT2D eigenvalue weighted by atomic mass is 9.98. The molecule has 1 saturated heterocycles. The van der Waals surface area contributed by atoms with Gasteiger partial charge in [-0.1, -0.05) is 24.3 Å². The van der Waals surface area contributed by atoms with Gasteiger partial charge in [-0.15, -0.1) is 0 Å². The second-order valence-corrected chi connectivity index (χ2v) is 9.33. The topological polar surface area (TPSA) is 104 Å². The van der Waals surface area contributed by atoms with E-state index in [1.54, 1.807) is 7.11 Å². The fraction of sp³-hybridized carbons (Fsp3) is 0.250. The van der Waals surface area contributed by atoms with Crippen LogP contribution in [0, 0.1) is 0 Å². The van der Waals surface area contributed by atoms with Gasteiger partial charge in [-0.05, 0) is 47.4 Å². The van der Waals surface area contributed by atoms with Gasteiger partial charge in [0.1, 0.15) is 5.75 Å². The standard InChI is InChI=1S/C23H21N3O2.CH4O3S/c1-27-21-5-6-23-22(11-21)18(7-8-24-23)10-16-3-2-4-17(9-16)19-12-25-26(13-19)20-14-28-15-20;1-5(2,3)4/h2-9,11-13,20H,10,14-15H2,1H3;1H3,(H,2,3,4). The average molecular weight is 468 g/mol. The number of hydrogen-bond donors (Lipinski definition) is 1. The Hall–Kier alpha value is -3.27. The summed E-state index contributed by atoms with van der Waals surface area (Å²) in [5.74, 6) is 0.850. The number of fused-ring (bicyclic) bond motifs is 1. The molecule has 5 rings (SSSR count). The first-order valence-corrected chi connectivity index (χ1v) is 12.2. The maximum Gasteiger partial charge on any atom is 0.261 e. The Balaban J connectivity index is 0.000000471. The highest BCUT2D eigenvalue weighted by Crippen LogP contribution is 2.27. The van der Waals surface area contributed by atoms with E-state index in [1.165, 1.54) is 16.7 Å². The van der Waals surface area contributed by atoms with Gasteiger partial charge in [0, 0.05) is 23.3 Å². The number of ether oxygens (including phenoxy) is 2. The van der Waals surface area contributed by atoms with Crippen LogP contribution in [0.1, 0.15) is 17.2 Å². The van der Waals surface area contributed by atoms with Crippen LogP contribution in [0.2, 0.25) is 0 Å². The van der Waals surface area contributed by atoms with Crippen molar-refractivity contribution in [1.82, 2.24) is 14.8 Å². The molecule has 0 bridgehead atoms. The van der Waals surface area contributed by atoms with Gasteiger partial charge in [-0.2, -0.15) is 13.5 Å². The molecular formula is C24H25N3O5S. The van der Waals surface area contributed by atoms with Crippen LogP contribution in [0.5, 0.6) is 5.75 Å². The molecule has 172 valence electrons. The number of benzene rings is 2. The first kappa shape index (κ1) is 22.9. The summed E-state index contributed by atoms with van der Waals surface area (Å²) >= 11 is 0. The van der Waals surface area contributed by atoms with Crippen molar-refractivity contribution in [3.63, 3.8) is 0 Å². The Morgan fingerprint density at radius 2 is 1.94 bits per heavy atom. The van der Waals surface area contributed by atoms with Crippen LogP contribution in [0.3, 0.4) is 0 Å². The van der Waals surface area contributed by atoms with Crippen LogP contribution in [-0.4, -0.2) is 54.3 Å². The van der Waals surface area contributed by atoms with Crippen molar-refractivity contribution < 1.29 is 22.4 Å². The third kappa shape index (κ3) is 5.95. The number of rotatable bonds is 5. The molecule has 0 saturated carbocycles. The zero-order valence-corrected chi connectivity index (χ0v) is 19.2.